The Bertz CT molecular complexity index is 311. The highest BCUT2D eigenvalue weighted by atomic mass is 16.4. The van der Waals surface area contributed by atoms with Gasteiger partial charge in [0.2, 0.25) is 5.89 Å². The molecule has 1 saturated heterocycles. The van der Waals surface area contributed by atoms with E-state index in [0.717, 1.165) is 43.5 Å². The Hall–Kier alpha value is -0.870. The van der Waals surface area contributed by atoms with Gasteiger partial charge in [-0.25, -0.2) is 4.98 Å². The highest BCUT2D eigenvalue weighted by Gasteiger charge is 2.24. The van der Waals surface area contributed by atoms with Crippen LogP contribution in [0.4, 0.5) is 0 Å². The van der Waals surface area contributed by atoms with Crippen LogP contribution in [0, 0.1) is 13.8 Å². The second kappa shape index (κ2) is 4.33. The highest BCUT2D eigenvalue weighted by molar-refractivity contribution is 5.05. The molecule has 2 heterocycles. The van der Waals surface area contributed by atoms with Crippen molar-refractivity contribution in [3.63, 3.8) is 0 Å². The summed E-state index contributed by atoms with van der Waals surface area (Å²) in [6.45, 7) is 10.2. The maximum atomic E-state index is 5.59. The summed E-state index contributed by atoms with van der Waals surface area (Å²) in [7, 11) is 0. The lowest BCUT2D eigenvalue weighted by Gasteiger charge is -2.36. The van der Waals surface area contributed by atoms with Crippen LogP contribution < -0.4 is 5.32 Å². The zero-order valence-corrected chi connectivity index (χ0v) is 9.71. The Morgan fingerprint density at radius 1 is 1.47 bits per heavy atom. The van der Waals surface area contributed by atoms with Crippen molar-refractivity contribution >= 4 is 0 Å². The summed E-state index contributed by atoms with van der Waals surface area (Å²) in [5, 5.41) is 3.29. The van der Waals surface area contributed by atoms with Crippen LogP contribution in [0.1, 0.15) is 24.3 Å². The van der Waals surface area contributed by atoms with Crippen molar-refractivity contribution in [2.45, 2.75) is 33.4 Å². The molecule has 84 valence electrons. The van der Waals surface area contributed by atoms with E-state index in [1.165, 1.54) is 0 Å². The van der Waals surface area contributed by atoms with Gasteiger partial charge < -0.3 is 9.73 Å². The van der Waals surface area contributed by atoms with E-state index in [1.807, 2.05) is 13.8 Å². The number of aryl methyl sites for hydroxylation is 2. The minimum atomic E-state index is 0.655. The highest BCUT2D eigenvalue weighted by Crippen LogP contribution is 2.13. The van der Waals surface area contributed by atoms with Gasteiger partial charge in [-0.05, 0) is 20.4 Å². The third-order valence-corrected chi connectivity index (χ3v) is 3.09. The SMILES string of the molecule is CCN(Cc1nc(C)c(C)o1)C1CNC1. The Balaban J connectivity index is 1.99. The Morgan fingerprint density at radius 2 is 2.20 bits per heavy atom. The van der Waals surface area contributed by atoms with Crippen LogP contribution in [0.15, 0.2) is 4.42 Å². The first kappa shape index (κ1) is 10.6. The van der Waals surface area contributed by atoms with Crippen LogP contribution in [-0.2, 0) is 6.54 Å². The second-order valence-corrected chi connectivity index (χ2v) is 4.12. The molecule has 0 saturated carbocycles. The fraction of sp³-hybridized carbons (Fsp3) is 0.727. The molecule has 1 aliphatic rings. The molecule has 1 aliphatic heterocycles. The minimum absolute atomic E-state index is 0.655. The van der Waals surface area contributed by atoms with E-state index in [9.17, 15) is 0 Å². The largest absolute Gasteiger partial charge is 0.444 e. The van der Waals surface area contributed by atoms with Crippen molar-refractivity contribution in [1.29, 1.82) is 0 Å². The summed E-state index contributed by atoms with van der Waals surface area (Å²) in [6.07, 6.45) is 0. The van der Waals surface area contributed by atoms with Gasteiger partial charge in [0.15, 0.2) is 0 Å². The van der Waals surface area contributed by atoms with Crippen LogP contribution in [0.3, 0.4) is 0 Å². The average molecular weight is 209 g/mol. The van der Waals surface area contributed by atoms with Crippen LogP contribution >= 0.6 is 0 Å². The maximum Gasteiger partial charge on any atom is 0.208 e. The van der Waals surface area contributed by atoms with E-state index in [2.05, 4.69) is 22.1 Å². The standard InChI is InChI=1S/C11H19N3O/c1-4-14(10-5-12-6-10)7-11-13-8(2)9(3)15-11/h10,12H,4-7H2,1-3H3. The van der Waals surface area contributed by atoms with Crippen LogP contribution in [0.25, 0.3) is 0 Å². The molecule has 0 amide bonds. The van der Waals surface area contributed by atoms with Crippen molar-refractivity contribution in [2.24, 2.45) is 0 Å². The van der Waals surface area contributed by atoms with Gasteiger partial charge in [-0.1, -0.05) is 6.92 Å². The molecule has 0 aromatic carbocycles. The summed E-state index contributed by atoms with van der Waals surface area (Å²) >= 11 is 0. The van der Waals surface area contributed by atoms with Crippen molar-refractivity contribution in [1.82, 2.24) is 15.2 Å². The fourth-order valence-corrected chi connectivity index (χ4v) is 1.81. The minimum Gasteiger partial charge on any atom is -0.444 e. The lowest BCUT2D eigenvalue weighted by molar-refractivity contribution is 0.132. The third kappa shape index (κ3) is 2.21. The first-order valence-electron chi connectivity index (χ1n) is 5.58. The van der Waals surface area contributed by atoms with Crippen molar-refractivity contribution in [3.05, 3.63) is 17.3 Å². The van der Waals surface area contributed by atoms with Gasteiger partial charge >= 0.3 is 0 Å². The van der Waals surface area contributed by atoms with Crippen molar-refractivity contribution in [3.8, 4) is 0 Å². The number of likely N-dealkylation sites (N-methyl/N-ethyl adjacent to an activating group) is 1. The molecule has 0 unspecified atom stereocenters. The first-order valence-corrected chi connectivity index (χ1v) is 5.58. The zero-order chi connectivity index (χ0) is 10.8. The van der Waals surface area contributed by atoms with Crippen molar-refractivity contribution in [2.75, 3.05) is 19.6 Å². The van der Waals surface area contributed by atoms with Gasteiger partial charge in [0.1, 0.15) is 5.76 Å². The monoisotopic (exact) mass is 209 g/mol. The van der Waals surface area contributed by atoms with Crippen LogP contribution in [-0.4, -0.2) is 35.6 Å². The molecule has 4 heteroatoms. The van der Waals surface area contributed by atoms with Gasteiger partial charge in [-0.2, -0.15) is 0 Å². The molecular formula is C11H19N3O. The van der Waals surface area contributed by atoms with E-state index in [-0.39, 0.29) is 0 Å². The van der Waals surface area contributed by atoms with E-state index in [0.29, 0.717) is 6.04 Å². The number of aromatic nitrogens is 1. The number of oxazole rings is 1. The lowest BCUT2D eigenvalue weighted by atomic mass is 10.1. The van der Waals surface area contributed by atoms with E-state index >= 15 is 0 Å². The third-order valence-electron chi connectivity index (χ3n) is 3.09. The van der Waals surface area contributed by atoms with Gasteiger partial charge in [-0.15, -0.1) is 0 Å². The Kier molecular flexibility index (Phi) is 3.07. The zero-order valence-electron chi connectivity index (χ0n) is 9.71. The molecule has 15 heavy (non-hydrogen) atoms. The number of rotatable bonds is 4. The fourth-order valence-electron chi connectivity index (χ4n) is 1.81. The summed E-state index contributed by atoms with van der Waals surface area (Å²) in [5.41, 5.74) is 1.01. The number of hydrogen-bond donors (Lipinski definition) is 1. The van der Waals surface area contributed by atoms with E-state index < -0.39 is 0 Å². The van der Waals surface area contributed by atoms with Gasteiger partial charge in [-0.3, -0.25) is 4.90 Å². The topological polar surface area (TPSA) is 41.3 Å². The van der Waals surface area contributed by atoms with E-state index in [4.69, 9.17) is 4.42 Å². The van der Waals surface area contributed by atoms with Gasteiger partial charge in [0.05, 0.1) is 12.2 Å². The van der Waals surface area contributed by atoms with Gasteiger partial charge in [0.25, 0.3) is 0 Å². The van der Waals surface area contributed by atoms with Gasteiger partial charge in [0, 0.05) is 19.1 Å². The second-order valence-electron chi connectivity index (χ2n) is 4.12. The van der Waals surface area contributed by atoms with Crippen LogP contribution in [0.5, 0.6) is 0 Å². The van der Waals surface area contributed by atoms with Crippen molar-refractivity contribution < 1.29 is 4.42 Å². The normalized spacial score (nSPS) is 17.1. The first-order chi connectivity index (χ1) is 7.20. The molecule has 1 aromatic rings. The number of nitrogens with one attached hydrogen (secondary N) is 1. The Morgan fingerprint density at radius 3 is 2.60 bits per heavy atom. The molecule has 1 N–H and O–H groups in total. The van der Waals surface area contributed by atoms with Crippen LogP contribution in [0.2, 0.25) is 0 Å². The molecule has 0 atom stereocenters. The Labute approximate surface area is 90.7 Å². The molecule has 2 rings (SSSR count). The molecule has 0 aliphatic carbocycles. The number of hydrogen-bond acceptors (Lipinski definition) is 4. The maximum absolute atomic E-state index is 5.59. The summed E-state index contributed by atoms with van der Waals surface area (Å²) in [6, 6.07) is 0.655. The summed E-state index contributed by atoms with van der Waals surface area (Å²) < 4.78 is 5.59. The molecule has 4 nitrogen and oxygen atoms in total. The molecule has 0 spiro atoms. The predicted molar refractivity (Wildman–Crippen MR) is 58.7 cm³/mol. The lowest BCUT2D eigenvalue weighted by Crippen LogP contribution is -2.56. The molecular weight excluding hydrogens is 190 g/mol. The molecule has 1 fully saturated rings. The summed E-state index contributed by atoms with van der Waals surface area (Å²) in [4.78, 5) is 6.81. The number of nitrogens with zero attached hydrogens (tertiary/aromatic N) is 2. The predicted octanol–water partition coefficient (Wildman–Crippen LogP) is 1.09. The molecule has 0 bridgehead atoms. The van der Waals surface area contributed by atoms with E-state index in [1.54, 1.807) is 0 Å². The molecule has 0 radical (unpaired) electrons. The molecule has 1 aromatic heterocycles. The summed E-state index contributed by atoms with van der Waals surface area (Å²) in [5.74, 6) is 1.78. The quantitative estimate of drug-likeness (QED) is 0.806. The smallest absolute Gasteiger partial charge is 0.208 e. The average Bonchev–Trinajstić information content (AvgIpc) is 2.42.